The normalized spacial score (nSPS) is 12.2. The van der Waals surface area contributed by atoms with Gasteiger partial charge in [-0.15, -0.1) is 11.8 Å². The first-order valence-corrected chi connectivity index (χ1v) is 7.19. The predicted molar refractivity (Wildman–Crippen MR) is 76.8 cm³/mol. The molecule has 1 N–H and O–H groups in total. The number of amides is 1. The molecule has 0 saturated carbocycles. The highest BCUT2D eigenvalue weighted by molar-refractivity contribution is 7.99. The molecule has 1 aromatic carbocycles. The lowest BCUT2D eigenvalue weighted by Gasteiger charge is -2.12. The summed E-state index contributed by atoms with van der Waals surface area (Å²) < 4.78 is 4.97. The number of carbonyl (C=O) groups is 1. The standard InChI is InChI=1S/C14H21NO2S/c1-11-5-4-6-13(7-11)9-18-10-14(16)15-12(2)8-17-3/h4-7,12H,8-10H2,1-3H3,(H,15,16). The van der Waals surface area contributed by atoms with Gasteiger partial charge in [-0.25, -0.2) is 0 Å². The van der Waals surface area contributed by atoms with Gasteiger partial charge in [0.25, 0.3) is 0 Å². The molecule has 0 aliphatic rings. The van der Waals surface area contributed by atoms with Crippen LogP contribution >= 0.6 is 11.8 Å². The lowest BCUT2D eigenvalue weighted by atomic mass is 10.2. The molecule has 0 bridgehead atoms. The Morgan fingerprint density at radius 1 is 1.50 bits per heavy atom. The molecule has 100 valence electrons. The monoisotopic (exact) mass is 267 g/mol. The summed E-state index contributed by atoms with van der Waals surface area (Å²) in [4.78, 5) is 11.6. The van der Waals surface area contributed by atoms with Crippen LogP contribution in [0, 0.1) is 6.92 Å². The van der Waals surface area contributed by atoms with E-state index in [1.807, 2.05) is 13.0 Å². The van der Waals surface area contributed by atoms with Crippen LogP contribution < -0.4 is 5.32 Å². The Kier molecular flexibility index (Phi) is 6.83. The van der Waals surface area contributed by atoms with Crippen molar-refractivity contribution in [1.82, 2.24) is 5.32 Å². The summed E-state index contributed by atoms with van der Waals surface area (Å²) in [7, 11) is 1.63. The van der Waals surface area contributed by atoms with Gasteiger partial charge in [0.1, 0.15) is 0 Å². The molecular formula is C14H21NO2S. The second kappa shape index (κ2) is 8.16. The van der Waals surface area contributed by atoms with Gasteiger partial charge in [-0.3, -0.25) is 4.79 Å². The van der Waals surface area contributed by atoms with Crippen molar-refractivity contribution in [2.75, 3.05) is 19.5 Å². The van der Waals surface area contributed by atoms with Crippen LogP contribution in [0.25, 0.3) is 0 Å². The topological polar surface area (TPSA) is 38.3 Å². The molecule has 3 nitrogen and oxygen atoms in total. The Balaban J connectivity index is 2.23. The van der Waals surface area contributed by atoms with Gasteiger partial charge in [-0.2, -0.15) is 0 Å². The van der Waals surface area contributed by atoms with Gasteiger partial charge in [-0.05, 0) is 19.4 Å². The number of nitrogens with one attached hydrogen (secondary N) is 1. The molecule has 0 heterocycles. The third kappa shape index (κ3) is 6.07. The quantitative estimate of drug-likeness (QED) is 0.824. The minimum absolute atomic E-state index is 0.0669. The van der Waals surface area contributed by atoms with Gasteiger partial charge in [0.15, 0.2) is 0 Å². The molecule has 1 amide bonds. The fourth-order valence-corrected chi connectivity index (χ4v) is 2.46. The van der Waals surface area contributed by atoms with Crippen LogP contribution in [0.1, 0.15) is 18.1 Å². The Morgan fingerprint density at radius 3 is 2.94 bits per heavy atom. The molecule has 0 fully saturated rings. The Bertz CT molecular complexity index is 382. The molecule has 1 atom stereocenters. The van der Waals surface area contributed by atoms with E-state index in [0.29, 0.717) is 12.4 Å². The number of benzene rings is 1. The molecule has 0 aromatic heterocycles. The number of aryl methyl sites for hydroxylation is 1. The molecule has 0 aliphatic carbocycles. The molecule has 1 aromatic rings. The van der Waals surface area contributed by atoms with E-state index >= 15 is 0 Å². The molecular weight excluding hydrogens is 246 g/mol. The second-order valence-corrected chi connectivity index (χ2v) is 5.39. The van der Waals surface area contributed by atoms with E-state index in [9.17, 15) is 4.79 Å². The average Bonchev–Trinajstić information content (AvgIpc) is 2.29. The first-order valence-electron chi connectivity index (χ1n) is 6.03. The third-order valence-electron chi connectivity index (χ3n) is 2.41. The van der Waals surface area contributed by atoms with Gasteiger partial charge < -0.3 is 10.1 Å². The maximum atomic E-state index is 11.6. The van der Waals surface area contributed by atoms with Crippen molar-refractivity contribution in [3.8, 4) is 0 Å². The molecule has 0 saturated heterocycles. The highest BCUT2D eigenvalue weighted by atomic mass is 32.2. The van der Waals surface area contributed by atoms with Crippen molar-refractivity contribution < 1.29 is 9.53 Å². The molecule has 1 unspecified atom stereocenters. The number of ether oxygens (including phenoxy) is 1. The van der Waals surface area contributed by atoms with Crippen molar-refractivity contribution in [3.05, 3.63) is 35.4 Å². The number of methoxy groups -OCH3 is 1. The summed E-state index contributed by atoms with van der Waals surface area (Å²) in [6, 6.07) is 8.44. The van der Waals surface area contributed by atoms with E-state index in [1.54, 1.807) is 18.9 Å². The number of rotatable bonds is 7. The fourth-order valence-electron chi connectivity index (χ4n) is 1.67. The highest BCUT2D eigenvalue weighted by Crippen LogP contribution is 2.13. The zero-order valence-electron chi connectivity index (χ0n) is 11.2. The summed E-state index contributed by atoms with van der Waals surface area (Å²) in [6.45, 7) is 4.56. The van der Waals surface area contributed by atoms with Crippen LogP contribution in [0.2, 0.25) is 0 Å². The zero-order chi connectivity index (χ0) is 13.4. The summed E-state index contributed by atoms with van der Waals surface area (Å²) in [5, 5.41) is 2.89. The SMILES string of the molecule is COCC(C)NC(=O)CSCc1cccc(C)c1. The first-order chi connectivity index (χ1) is 8.61. The van der Waals surface area contributed by atoms with Gasteiger partial charge in [0.2, 0.25) is 5.91 Å². The van der Waals surface area contributed by atoms with E-state index in [2.05, 4.69) is 30.4 Å². The Hall–Kier alpha value is -1.00. The van der Waals surface area contributed by atoms with Crippen molar-refractivity contribution in [3.63, 3.8) is 0 Å². The summed E-state index contributed by atoms with van der Waals surface area (Å²) in [6.07, 6.45) is 0. The van der Waals surface area contributed by atoms with Crippen molar-refractivity contribution in [2.24, 2.45) is 0 Å². The predicted octanol–water partition coefficient (Wildman–Crippen LogP) is 2.38. The molecule has 4 heteroatoms. The van der Waals surface area contributed by atoms with Crippen LogP contribution in [0.15, 0.2) is 24.3 Å². The maximum absolute atomic E-state index is 11.6. The number of hydrogen-bond acceptors (Lipinski definition) is 3. The Labute approximate surface area is 113 Å². The average molecular weight is 267 g/mol. The summed E-state index contributed by atoms with van der Waals surface area (Å²) in [5.74, 6) is 1.42. The van der Waals surface area contributed by atoms with Gasteiger partial charge in [0, 0.05) is 18.9 Å². The molecule has 18 heavy (non-hydrogen) atoms. The highest BCUT2D eigenvalue weighted by Gasteiger charge is 2.06. The van der Waals surface area contributed by atoms with E-state index in [-0.39, 0.29) is 11.9 Å². The summed E-state index contributed by atoms with van der Waals surface area (Å²) in [5.41, 5.74) is 2.52. The van der Waals surface area contributed by atoms with E-state index in [0.717, 1.165) is 5.75 Å². The molecule has 0 radical (unpaired) electrons. The molecule has 0 spiro atoms. The largest absolute Gasteiger partial charge is 0.383 e. The van der Waals surface area contributed by atoms with Crippen LogP contribution in [0.3, 0.4) is 0 Å². The lowest BCUT2D eigenvalue weighted by Crippen LogP contribution is -2.36. The van der Waals surface area contributed by atoms with Crippen LogP contribution in [0.5, 0.6) is 0 Å². The molecule has 1 rings (SSSR count). The zero-order valence-corrected chi connectivity index (χ0v) is 12.0. The first kappa shape index (κ1) is 15.1. The minimum atomic E-state index is 0.0669. The minimum Gasteiger partial charge on any atom is -0.383 e. The lowest BCUT2D eigenvalue weighted by molar-refractivity contribution is -0.119. The summed E-state index contributed by atoms with van der Waals surface area (Å²) >= 11 is 1.63. The van der Waals surface area contributed by atoms with Crippen molar-refractivity contribution in [1.29, 1.82) is 0 Å². The van der Waals surface area contributed by atoms with Crippen LogP contribution in [-0.4, -0.2) is 31.4 Å². The van der Waals surface area contributed by atoms with E-state index in [1.165, 1.54) is 11.1 Å². The number of carbonyl (C=O) groups excluding carboxylic acids is 1. The second-order valence-electron chi connectivity index (χ2n) is 4.41. The molecule has 0 aliphatic heterocycles. The van der Waals surface area contributed by atoms with Gasteiger partial charge in [-0.1, -0.05) is 29.8 Å². The van der Waals surface area contributed by atoms with E-state index < -0.39 is 0 Å². The maximum Gasteiger partial charge on any atom is 0.230 e. The number of hydrogen-bond donors (Lipinski definition) is 1. The van der Waals surface area contributed by atoms with Crippen molar-refractivity contribution in [2.45, 2.75) is 25.6 Å². The van der Waals surface area contributed by atoms with Crippen LogP contribution in [0.4, 0.5) is 0 Å². The fraction of sp³-hybridized carbons (Fsp3) is 0.500. The van der Waals surface area contributed by atoms with E-state index in [4.69, 9.17) is 4.74 Å². The third-order valence-corrected chi connectivity index (χ3v) is 3.41. The van der Waals surface area contributed by atoms with Gasteiger partial charge in [0.05, 0.1) is 12.4 Å². The smallest absolute Gasteiger partial charge is 0.230 e. The Morgan fingerprint density at radius 2 is 2.28 bits per heavy atom. The van der Waals surface area contributed by atoms with Crippen molar-refractivity contribution >= 4 is 17.7 Å². The van der Waals surface area contributed by atoms with Gasteiger partial charge >= 0.3 is 0 Å². The number of thioether (sulfide) groups is 1. The van der Waals surface area contributed by atoms with Crippen LogP contribution in [-0.2, 0) is 15.3 Å².